The molecule has 7 atom stereocenters. The van der Waals surface area contributed by atoms with Gasteiger partial charge in [0.2, 0.25) is 0 Å². The average molecular weight is 1590 g/mol. The minimum atomic E-state index is -4.97. The SMILES string of the molecule is CCCCCCCCCCCCCCCCCCCCCCCC(=O)OC[C@H](COP(=O)(O)OC[C@@H](O)COP(=O)(O)OC[C@@H](COC(=O)CCCCCCCCC(C)CC)OC(=O)CCCCCCCCCCCCCCCCCC)OC(=O)CCCCCCCCCCCCCCCCCCCCC(C)CC. The maximum Gasteiger partial charge on any atom is 0.472 e. The molecule has 0 bridgehead atoms. The van der Waals surface area contributed by atoms with Crippen LogP contribution >= 0.6 is 15.6 Å². The molecule has 0 spiro atoms. The van der Waals surface area contributed by atoms with E-state index in [1.807, 2.05) is 0 Å². The van der Waals surface area contributed by atoms with Crippen LogP contribution < -0.4 is 0 Å². The Labute approximate surface area is 670 Å². The third-order valence-corrected chi connectivity index (χ3v) is 23.8. The summed E-state index contributed by atoms with van der Waals surface area (Å²) in [5.74, 6) is -0.497. The largest absolute Gasteiger partial charge is 0.472 e. The topological polar surface area (TPSA) is 237 Å². The summed E-state index contributed by atoms with van der Waals surface area (Å²) in [5, 5.41) is 10.7. The number of hydrogen-bond acceptors (Lipinski definition) is 15. The molecule has 0 aromatic rings. The minimum Gasteiger partial charge on any atom is -0.462 e. The van der Waals surface area contributed by atoms with Crippen LogP contribution in [-0.4, -0.2) is 96.7 Å². The molecule has 0 aliphatic carbocycles. The summed E-state index contributed by atoms with van der Waals surface area (Å²) in [6.45, 7) is 9.72. The molecule has 0 fully saturated rings. The van der Waals surface area contributed by atoms with E-state index < -0.39 is 97.5 Å². The van der Waals surface area contributed by atoms with Gasteiger partial charge < -0.3 is 33.8 Å². The summed E-state index contributed by atoms with van der Waals surface area (Å²) in [7, 11) is -9.93. The number of ether oxygens (including phenoxy) is 4. The van der Waals surface area contributed by atoms with Gasteiger partial charge in [-0.2, -0.15) is 0 Å². The highest BCUT2D eigenvalue weighted by atomic mass is 31.2. The van der Waals surface area contributed by atoms with Gasteiger partial charge in [-0.05, 0) is 37.5 Å². The highest BCUT2D eigenvalue weighted by molar-refractivity contribution is 7.47. The first-order valence-corrected chi connectivity index (χ1v) is 49.6. The zero-order chi connectivity index (χ0) is 79.9. The quantitative estimate of drug-likeness (QED) is 0.0222. The lowest BCUT2D eigenvalue weighted by atomic mass is 9.99. The smallest absolute Gasteiger partial charge is 0.462 e. The number of hydrogen-bond donors (Lipinski definition) is 3. The van der Waals surface area contributed by atoms with Gasteiger partial charge in [0.15, 0.2) is 12.2 Å². The number of rotatable bonds is 89. The lowest BCUT2D eigenvalue weighted by Crippen LogP contribution is -2.30. The van der Waals surface area contributed by atoms with Crippen LogP contribution in [0.3, 0.4) is 0 Å². The number of carbonyl (C=O) groups excluding carboxylic acids is 4. The molecule has 17 nitrogen and oxygen atoms in total. The maximum atomic E-state index is 13.2. The molecule has 0 heterocycles. The summed E-state index contributed by atoms with van der Waals surface area (Å²) < 4.78 is 69.0. The standard InChI is InChI=1S/C90H176O17P2/c1-7-11-13-15-17-19-21-23-25-27-28-29-30-34-38-41-45-49-53-60-66-72-87(92)100-78-85(106-89(94)74-69-63-55-51-47-43-39-35-32-31-33-36-40-44-48-52-58-64-70-82(5)9-3)80-104-108(96,97)102-76-84(91)77-103-109(98,99)105-81-86(79-101-88(93)73-67-61-57-56-59-65-71-83(6)10-4)107-90(95)75-68-62-54-50-46-42-37-26-24-22-20-18-16-14-12-8-2/h82-86,91H,7-81H2,1-6H3,(H,96,97)(H,98,99)/t82?,83?,84-,85-,86-/m1/s1. The molecule has 0 radical (unpaired) electrons. The van der Waals surface area contributed by atoms with E-state index in [9.17, 15) is 43.2 Å². The van der Waals surface area contributed by atoms with E-state index in [-0.39, 0.29) is 25.7 Å². The highest BCUT2D eigenvalue weighted by Crippen LogP contribution is 2.45. The third kappa shape index (κ3) is 81.0. The summed E-state index contributed by atoms with van der Waals surface area (Å²) in [6, 6.07) is 0. The van der Waals surface area contributed by atoms with Gasteiger partial charge in [0.1, 0.15) is 19.3 Å². The van der Waals surface area contributed by atoms with E-state index in [4.69, 9.17) is 37.0 Å². The first-order valence-electron chi connectivity index (χ1n) is 46.6. The lowest BCUT2D eigenvalue weighted by molar-refractivity contribution is -0.161. The molecule has 19 heteroatoms. The number of aliphatic hydroxyl groups excluding tert-OH is 1. The Morgan fingerprint density at radius 3 is 0.651 bits per heavy atom. The van der Waals surface area contributed by atoms with Gasteiger partial charge in [-0.3, -0.25) is 37.3 Å². The fourth-order valence-corrected chi connectivity index (χ4v) is 15.6. The van der Waals surface area contributed by atoms with Gasteiger partial charge in [-0.25, -0.2) is 9.13 Å². The van der Waals surface area contributed by atoms with Crippen molar-refractivity contribution < 1.29 is 80.2 Å². The first kappa shape index (κ1) is 107. The molecule has 648 valence electrons. The van der Waals surface area contributed by atoms with Crippen LogP contribution in [-0.2, 0) is 65.4 Å². The molecule has 3 N–H and O–H groups in total. The normalized spacial score (nSPS) is 14.2. The van der Waals surface area contributed by atoms with E-state index in [1.54, 1.807) is 0 Å². The average Bonchev–Trinajstić information content (AvgIpc) is 0.899. The molecule has 4 unspecified atom stereocenters. The van der Waals surface area contributed by atoms with Gasteiger partial charge in [-0.1, -0.05) is 433 Å². The first-order chi connectivity index (χ1) is 52.9. The van der Waals surface area contributed by atoms with Crippen molar-refractivity contribution in [2.75, 3.05) is 39.6 Å². The zero-order valence-electron chi connectivity index (χ0n) is 71.9. The van der Waals surface area contributed by atoms with Crippen molar-refractivity contribution in [3.8, 4) is 0 Å². The van der Waals surface area contributed by atoms with Gasteiger partial charge in [0.05, 0.1) is 26.4 Å². The van der Waals surface area contributed by atoms with Crippen LogP contribution in [0.25, 0.3) is 0 Å². The summed E-state index contributed by atoms with van der Waals surface area (Å²) in [6.07, 6.45) is 75.1. The van der Waals surface area contributed by atoms with Crippen molar-refractivity contribution >= 4 is 39.5 Å². The molecule has 0 saturated carbocycles. The van der Waals surface area contributed by atoms with Crippen LogP contribution in [0.4, 0.5) is 0 Å². The van der Waals surface area contributed by atoms with Crippen LogP contribution in [0.15, 0.2) is 0 Å². The monoisotopic (exact) mass is 1590 g/mol. The fraction of sp³-hybridized carbons (Fsp3) is 0.956. The Morgan fingerprint density at radius 1 is 0.257 bits per heavy atom. The molecule has 0 saturated heterocycles. The van der Waals surface area contributed by atoms with Crippen LogP contribution in [0.1, 0.15) is 485 Å². The predicted octanol–water partition coefficient (Wildman–Crippen LogP) is 27.8. The van der Waals surface area contributed by atoms with E-state index in [0.717, 1.165) is 108 Å². The van der Waals surface area contributed by atoms with Crippen molar-refractivity contribution in [3.63, 3.8) is 0 Å². The molecule has 0 aliphatic rings. The zero-order valence-corrected chi connectivity index (χ0v) is 73.7. The Morgan fingerprint density at radius 2 is 0.440 bits per heavy atom. The Bertz CT molecular complexity index is 2080. The Kier molecular flexibility index (Phi) is 79.8. The number of aliphatic hydroxyl groups is 1. The van der Waals surface area contributed by atoms with Crippen molar-refractivity contribution in [2.24, 2.45) is 11.8 Å². The van der Waals surface area contributed by atoms with Crippen LogP contribution in [0, 0.1) is 11.8 Å². The number of phosphoric acid groups is 2. The van der Waals surface area contributed by atoms with Gasteiger partial charge in [0, 0.05) is 25.7 Å². The fourth-order valence-electron chi connectivity index (χ4n) is 14.1. The molecular weight excluding hydrogens is 1410 g/mol. The van der Waals surface area contributed by atoms with Crippen molar-refractivity contribution in [1.29, 1.82) is 0 Å². The van der Waals surface area contributed by atoms with E-state index in [0.29, 0.717) is 25.7 Å². The molecule has 0 rings (SSSR count). The van der Waals surface area contributed by atoms with Crippen molar-refractivity contribution in [1.82, 2.24) is 0 Å². The lowest BCUT2D eigenvalue weighted by Gasteiger charge is -2.21. The molecule has 0 aromatic carbocycles. The number of phosphoric ester groups is 2. The predicted molar refractivity (Wildman–Crippen MR) is 451 cm³/mol. The molecule has 109 heavy (non-hydrogen) atoms. The third-order valence-electron chi connectivity index (χ3n) is 21.9. The van der Waals surface area contributed by atoms with E-state index in [1.165, 1.54) is 295 Å². The Balaban J connectivity index is 5.22. The number of carbonyl (C=O) groups is 4. The van der Waals surface area contributed by atoms with Crippen molar-refractivity contribution in [2.45, 2.75) is 503 Å². The second kappa shape index (κ2) is 81.2. The van der Waals surface area contributed by atoms with Crippen molar-refractivity contribution in [3.05, 3.63) is 0 Å². The minimum absolute atomic E-state index is 0.108. The van der Waals surface area contributed by atoms with Crippen LogP contribution in [0.2, 0.25) is 0 Å². The van der Waals surface area contributed by atoms with Crippen LogP contribution in [0.5, 0.6) is 0 Å². The Hall–Kier alpha value is -1.94. The summed E-state index contributed by atoms with van der Waals surface area (Å²) in [5.41, 5.74) is 0. The second-order valence-electron chi connectivity index (χ2n) is 32.8. The number of unbranched alkanes of at least 4 members (excludes halogenated alkanes) is 57. The summed E-state index contributed by atoms with van der Waals surface area (Å²) in [4.78, 5) is 73.3. The number of esters is 4. The van der Waals surface area contributed by atoms with Gasteiger partial charge in [0.25, 0.3) is 0 Å². The molecule has 0 aromatic heterocycles. The van der Waals surface area contributed by atoms with Gasteiger partial charge >= 0.3 is 39.5 Å². The summed E-state index contributed by atoms with van der Waals surface area (Å²) >= 11 is 0. The maximum absolute atomic E-state index is 13.2. The van der Waals surface area contributed by atoms with E-state index >= 15 is 0 Å². The molecule has 0 amide bonds. The second-order valence-corrected chi connectivity index (χ2v) is 35.7. The molecular formula is C90H176O17P2. The highest BCUT2D eigenvalue weighted by Gasteiger charge is 2.31. The van der Waals surface area contributed by atoms with E-state index in [2.05, 4.69) is 41.5 Å². The molecule has 0 aliphatic heterocycles. The van der Waals surface area contributed by atoms with Gasteiger partial charge in [-0.15, -0.1) is 0 Å².